The largest absolute Gasteiger partial charge is 0.335 e. The maximum Gasteiger partial charge on any atom is 0.247 e. The second kappa shape index (κ2) is 7.51. The molecule has 1 aromatic carbocycles. The number of halogens is 2. The average Bonchev–Trinajstić information content (AvgIpc) is 3.36. The van der Waals surface area contributed by atoms with Gasteiger partial charge in [0.15, 0.2) is 0 Å². The zero-order valence-corrected chi connectivity index (χ0v) is 16.7. The fraction of sp³-hybridized carbons (Fsp3) is 0.412. The molecule has 0 radical (unpaired) electrons. The van der Waals surface area contributed by atoms with Gasteiger partial charge in [-0.1, -0.05) is 27.3 Å². The smallest absolute Gasteiger partial charge is 0.247 e. The van der Waals surface area contributed by atoms with Crippen molar-refractivity contribution in [3.8, 4) is 0 Å². The maximum atomic E-state index is 14.0. The number of benzene rings is 1. The lowest BCUT2D eigenvalue weighted by Crippen LogP contribution is -2.39. The Balaban J connectivity index is 1.49. The van der Waals surface area contributed by atoms with Crippen molar-refractivity contribution in [3.63, 3.8) is 0 Å². The van der Waals surface area contributed by atoms with Crippen LogP contribution in [0.15, 0.2) is 22.7 Å². The average molecular weight is 454 g/mol. The van der Waals surface area contributed by atoms with Crippen molar-refractivity contribution in [1.82, 2.24) is 10.2 Å². The molecule has 0 bridgehead atoms. The first-order chi connectivity index (χ1) is 13.0. The molecular formula is C17H17BrFN5O2S. The fourth-order valence-electron chi connectivity index (χ4n) is 3.36. The van der Waals surface area contributed by atoms with Gasteiger partial charge in [0.25, 0.3) is 0 Å². The van der Waals surface area contributed by atoms with Crippen molar-refractivity contribution in [2.24, 2.45) is 0 Å². The summed E-state index contributed by atoms with van der Waals surface area (Å²) in [5.41, 5.74) is 0.149. The van der Waals surface area contributed by atoms with Crippen molar-refractivity contribution < 1.29 is 14.0 Å². The van der Waals surface area contributed by atoms with Gasteiger partial charge >= 0.3 is 0 Å². The number of nitrogens with zero attached hydrogens (tertiary/aromatic N) is 4. The first kappa shape index (κ1) is 18.3. The third kappa shape index (κ3) is 3.68. The Morgan fingerprint density at radius 2 is 2.07 bits per heavy atom. The van der Waals surface area contributed by atoms with Crippen LogP contribution in [0, 0.1) is 5.82 Å². The van der Waals surface area contributed by atoms with Gasteiger partial charge in [0.05, 0.1) is 5.69 Å². The molecule has 2 saturated heterocycles. The van der Waals surface area contributed by atoms with Gasteiger partial charge in [0.2, 0.25) is 22.1 Å². The van der Waals surface area contributed by atoms with E-state index in [-0.39, 0.29) is 17.5 Å². The second-order valence-corrected chi connectivity index (χ2v) is 8.33. The molecule has 142 valence electrons. The molecule has 1 atom stereocenters. The highest BCUT2D eigenvalue weighted by atomic mass is 79.9. The topological polar surface area (TPSA) is 78.4 Å². The van der Waals surface area contributed by atoms with Crippen LogP contribution in [-0.2, 0) is 9.59 Å². The minimum atomic E-state index is -0.493. The number of aromatic nitrogens is 2. The van der Waals surface area contributed by atoms with Gasteiger partial charge in [-0.2, -0.15) is 0 Å². The van der Waals surface area contributed by atoms with E-state index in [0.717, 1.165) is 12.8 Å². The monoisotopic (exact) mass is 453 g/mol. The van der Waals surface area contributed by atoms with Crippen molar-refractivity contribution in [2.75, 3.05) is 28.2 Å². The van der Waals surface area contributed by atoms with E-state index in [4.69, 9.17) is 0 Å². The number of carbonyl (C=O) groups is 2. The summed E-state index contributed by atoms with van der Waals surface area (Å²) in [6.45, 7) is 1.32. The highest BCUT2D eigenvalue weighted by Crippen LogP contribution is 2.34. The van der Waals surface area contributed by atoms with Gasteiger partial charge in [0.1, 0.15) is 11.9 Å². The van der Waals surface area contributed by atoms with Crippen LogP contribution in [0.5, 0.6) is 0 Å². The van der Waals surface area contributed by atoms with Crippen LogP contribution in [0.25, 0.3) is 0 Å². The van der Waals surface area contributed by atoms with Gasteiger partial charge in [-0.3, -0.25) is 14.5 Å². The lowest BCUT2D eigenvalue weighted by Gasteiger charge is -2.22. The number of anilines is 3. The van der Waals surface area contributed by atoms with Crippen LogP contribution >= 0.6 is 27.3 Å². The zero-order valence-electron chi connectivity index (χ0n) is 14.3. The predicted molar refractivity (Wildman–Crippen MR) is 105 cm³/mol. The standard InChI is InChI=1S/C17H17BrFN5O2S/c18-10-5-6-12(11(19)9-10)20-15(26)13-3-1-7-23(13)16-21-22-17(27-16)24-8-2-4-14(24)25/h5-6,9,13H,1-4,7-8H2,(H,20,26). The minimum Gasteiger partial charge on any atom is -0.335 e. The molecule has 2 aliphatic heterocycles. The van der Waals surface area contributed by atoms with Crippen molar-refractivity contribution in [1.29, 1.82) is 0 Å². The molecule has 7 nitrogen and oxygen atoms in total. The zero-order chi connectivity index (χ0) is 19.0. The number of carbonyl (C=O) groups excluding carboxylic acids is 2. The van der Waals surface area contributed by atoms with Crippen LogP contribution in [0.1, 0.15) is 25.7 Å². The molecule has 1 aromatic heterocycles. The summed E-state index contributed by atoms with van der Waals surface area (Å²) >= 11 is 4.51. The summed E-state index contributed by atoms with van der Waals surface area (Å²) in [5, 5.41) is 12.2. The van der Waals surface area contributed by atoms with Gasteiger partial charge in [-0.15, -0.1) is 10.2 Å². The SMILES string of the molecule is O=C(Nc1ccc(Br)cc1F)C1CCCN1c1nnc(N2CCCC2=O)s1. The van der Waals surface area contributed by atoms with Gasteiger partial charge in [-0.05, 0) is 37.5 Å². The van der Waals surface area contributed by atoms with E-state index in [0.29, 0.717) is 40.7 Å². The molecule has 1 unspecified atom stereocenters. The van der Waals surface area contributed by atoms with Crippen LogP contribution in [-0.4, -0.2) is 41.1 Å². The second-order valence-electron chi connectivity index (χ2n) is 6.48. The number of amides is 2. The lowest BCUT2D eigenvalue weighted by atomic mass is 10.2. The Hall–Kier alpha value is -2.07. The highest BCUT2D eigenvalue weighted by Gasteiger charge is 2.34. The summed E-state index contributed by atoms with van der Waals surface area (Å²) in [4.78, 5) is 28.1. The number of hydrogen-bond acceptors (Lipinski definition) is 6. The Kier molecular flexibility index (Phi) is 5.09. The summed E-state index contributed by atoms with van der Waals surface area (Å²) in [6, 6.07) is 4.07. The van der Waals surface area contributed by atoms with E-state index in [1.807, 2.05) is 4.90 Å². The molecule has 10 heteroatoms. The Bertz CT molecular complexity index is 892. The van der Waals surface area contributed by atoms with Crippen molar-refractivity contribution in [3.05, 3.63) is 28.5 Å². The highest BCUT2D eigenvalue weighted by molar-refractivity contribution is 9.10. The molecule has 2 fully saturated rings. The van der Waals surface area contributed by atoms with E-state index in [9.17, 15) is 14.0 Å². The Morgan fingerprint density at radius 1 is 1.26 bits per heavy atom. The van der Waals surface area contributed by atoms with E-state index < -0.39 is 11.9 Å². The van der Waals surface area contributed by atoms with Crippen molar-refractivity contribution in [2.45, 2.75) is 31.7 Å². The third-order valence-electron chi connectivity index (χ3n) is 4.70. The normalized spacial score (nSPS) is 19.8. The molecule has 0 saturated carbocycles. The molecule has 0 spiro atoms. The maximum absolute atomic E-state index is 14.0. The Labute approximate surface area is 167 Å². The minimum absolute atomic E-state index is 0.0547. The number of nitrogens with one attached hydrogen (secondary N) is 1. The van der Waals surface area contributed by atoms with E-state index >= 15 is 0 Å². The molecule has 2 aliphatic rings. The molecule has 0 aliphatic carbocycles. The number of rotatable bonds is 4. The lowest BCUT2D eigenvalue weighted by molar-refractivity contribution is -0.118. The van der Waals surface area contributed by atoms with Gasteiger partial charge in [-0.25, -0.2) is 4.39 Å². The summed E-state index contributed by atoms with van der Waals surface area (Å²) in [7, 11) is 0. The third-order valence-corrected chi connectivity index (χ3v) is 6.17. The summed E-state index contributed by atoms with van der Waals surface area (Å²) in [5.74, 6) is -0.713. The van der Waals surface area contributed by atoms with E-state index in [1.54, 1.807) is 11.0 Å². The molecule has 4 rings (SSSR count). The quantitative estimate of drug-likeness (QED) is 0.768. The molecular weight excluding hydrogens is 437 g/mol. The summed E-state index contributed by atoms with van der Waals surface area (Å²) < 4.78 is 14.6. The van der Waals surface area contributed by atoms with Crippen LogP contribution < -0.4 is 15.1 Å². The van der Waals surface area contributed by atoms with Gasteiger partial charge in [0, 0.05) is 24.0 Å². The van der Waals surface area contributed by atoms with Gasteiger partial charge < -0.3 is 10.2 Å². The molecule has 1 N–H and O–H groups in total. The van der Waals surface area contributed by atoms with Crippen LogP contribution in [0.3, 0.4) is 0 Å². The van der Waals surface area contributed by atoms with Crippen LogP contribution in [0.4, 0.5) is 20.3 Å². The Morgan fingerprint density at radius 3 is 2.81 bits per heavy atom. The predicted octanol–water partition coefficient (Wildman–Crippen LogP) is 3.17. The van der Waals surface area contributed by atoms with Crippen LogP contribution in [0.2, 0.25) is 0 Å². The fourth-order valence-corrected chi connectivity index (χ4v) is 4.66. The summed E-state index contributed by atoms with van der Waals surface area (Å²) in [6.07, 6.45) is 2.84. The first-order valence-corrected chi connectivity index (χ1v) is 10.3. The number of hydrogen-bond donors (Lipinski definition) is 1. The van der Waals surface area contributed by atoms with Crippen molar-refractivity contribution >= 4 is 55.0 Å². The molecule has 3 heterocycles. The molecule has 27 heavy (non-hydrogen) atoms. The molecule has 2 aromatic rings. The molecule has 2 amide bonds. The first-order valence-electron chi connectivity index (χ1n) is 8.69. The van der Waals surface area contributed by atoms with E-state index in [2.05, 4.69) is 31.4 Å². The van der Waals surface area contributed by atoms with E-state index in [1.165, 1.54) is 23.5 Å².